The van der Waals surface area contributed by atoms with E-state index in [0.29, 0.717) is 6.54 Å². The molecular weight excluding hydrogens is 178 g/mol. The van der Waals surface area contributed by atoms with Crippen molar-refractivity contribution >= 4 is 6.09 Å². The Bertz CT molecular complexity index is 236. The van der Waals surface area contributed by atoms with Crippen molar-refractivity contribution in [2.45, 2.75) is 33.3 Å². The van der Waals surface area contributed by atoms with Crippen molar-refractivity contribution in [1.29, 1.82) is 0 Å². The average Bonchev–Trinajstić information content (AvgIpc) is 1.98. The summed E-state index contributed by atoms with van der Waals surface area (Å²) in [6.07, 6.45) is 3.14. The second-order valence-electron chi connectivity index (χ2n) is 4.10. The summed E-state index contributed by atoms with van der Waals surface area (Å²) in [5, 5.41) is 2.65. The predicted octanol–water partition coefficient (Wildman–Crippen LogP) is 2.64. The van der Waals surface area contributed by atoms with Gasteiger partial charge in [-0.1, -0.05) is 24.3 Å². The molecule has 1 amide bonds. The normalized spacial score (nSPS) is 12.1. The molecule has 14 heavy (non-hydrogen) atoms. The molecule has 0 saturated carbocycles. The smallest absolute Gasteiger partial charge is 0.407 e. The zero-order valence-corrected chi connectivity index (χ0v) is 9.39. The molecule has 0 unspecified atom stereocenters. The van der Waals surface area contributed by atoms with Crippen LogP contribution < -0.4 is 5.32 Å². The van der Waals surface area contributed by atoms with Crippen LogP contribution in [0.1, 0.15) is 27.7 Å². The number of ether oxygens (including phenoxy) is 1. The van der Waals surface area contributed by atoms with Gasteiger partial charge in [0.15, 0.2) is 0 Å². The molecular formula is C11H19NO2. The van der Waals surface area contributed by atoms with E-state index in [2.05, 4.69) is 11.9 Å². The summed E-state index contributed by atoms with van der Waals surface area (Å²) in [5.74, 6) is 0. The summed E-state index contributed by atoms with van der Waals surface area (Å²) in [6, 6.07) is 0. The van der Waals surface area contributed by atoms with Gasteiger partial charge in [0, 0.05) is 6.54 Å². The van der Waals surface area contributed by atoms with Gasteiger partial charge in [0.2, 0.25) is 0 Å². The Morgan fingerprint density at radius 2 is 2.07 bits per heavy atom. The van der Waals surface area contributed by atoms with Crippen molar-refractivity contribution < 1.29 is 9.53 Å². The highest BCUT2D eigenvalue weighted by Gasteiger charge is 2.15. The van der Waals surface area contributed by atoms with E-state index in [-0.39, 0.29) is 0 Å². The third kappa shape index (κ3) is 7.40. The lowest BCUT2D eigenvalue weighted by Crippen LogP contribution is -2.33. The molecule has 0 aromatic carbocycles. The molecule has 3 nitrogen and oxygen atoms in total. The monoisotopic (exact) mass is 197 g/mol. The third-order valence-electron chi connectivity index (χ3n) is 1.31. The van der Waals surface area contributed by atoms with Gasteiger partial charge < -0.3 is 10.1 Å². The first-order valence-electron chi connectivity index (χ1n) is 4.60. The minimum atomic E-state index is -0.444. The highest BCUT2D eigenvalue weighted by atomic mass is 16.6. The van der Waals surface area contributed by atoms with E-state index in [1.54, 1.807) is 6.08 Å². The molecule has 3 heteroatoms. The van der Waals surface area contributed by atoms with Gasteiger partial charge in [0.25, 0.3) is 0 Å². The summed E-state index contributed by atoms with van der Waals surface area (Å²) in [5.41, 5.74) is 0.589. The first-order chi connectivity index (χ1) is 6.35. The molecule has 1 N–H and O–H groups in total. The minimum Gasteiger partial charge on any atom is -0.444 e. The molecule has 0 atom stereocenters. The molecule has 80 valence electrons. The Kier molecular flexibility index (Phi) is 4.99. The lowest BCUT2D eigenvalue weighted by Gasteiger charge is -2.19. The van der Waals surface area contributed by atoms with Crippen LogP contribution in [0.15, 0.2) is 24.3 Å². The number of amides is 1. The number of nitrogens with one attached hydrogen (secondary N) is 1. The molecule has 0 bridgehead atoms. The second kappa shape index (κ2) is 5.47. The maximum Gasteiger partial charge on any atom is 0.407 e. The van der Waals surface area contributed by atoms with Crippen molar-refractivity contribution in [3.05, 3.63) is 24.3 Å². The highest BCUT2D eigenvalue weighted by Crippen LogP contribution is 2.06. The van der Waals surface area contributed by atoms with E-state index in [9.17, 15) is 4.79 Å². The maximum atomic E-state index is 11.2. The summed E-state index contributed by atoms with van der Waals surface area (Å²) in [4.78, 5) is 11.2. The predicted molar refractivity (Wildman–Crippen MR) is 58.2 cm³/mol. The fourth-order valence-electron chi connectivity index (χ4n) is 0.786. The van der Waals surface area contributed by atoms with Crippen LogP contribution in [0.2, 0.25) is 0 Å². The Balaban J connectivity index is 3.86. The quantitative estimate of drug-likeness (QED) is 0.706. The summed E-state index contributed by atoms with van der Waals surface area (Å²) < 4.78 is 5.06. The summed E-state index contributed by atoms with van der Waals surface area (Å²) >= 11 is 0. The largest absolute Gasteiger partial charge is 0.444 e. The van der Waals surface area contributed by atoms with Gasteiger partial charge in [0.05, 0.1) is 0 Å². The molecule has 0 radical (unpaired) electrons. The number of allylic oxidation sites excluding steroid dienone is 2. The van der Waals surface area contributed by atoms with Crippen molar-refractivity contribution in [3.63, 3.8) is 0 Å². The van der Waals surface area contributed by atoms with Crippen molar-refractivity contribution in [2.75, 3.05) is 6.54 Å². The van der Waals surface area contributed by atoms with Gasteiger partial charge in [-0.25, -0.2) is 4.79 Å². The Morgan fingerprint density at radius 3 is 2.50 bits per heavy atom. The minimum absolute atomic E-state index is 0.394. The van der Waals surface area contributed by atoms with Crippen LogP contribution in [0.25, 0.3) is 0 Å². The molecule has 0 aliphatic carbocycles. The second-order valence-corrected chi connectivity index (χ2v) is 4.10. The van der Waals surface area contributed by atoms with Gasteiger partial charge in [-0.2, -0.15) is 0 Å². The SMILES string of the molecule is C=C/C=C(\C)CNC(=O)OC(C)(C)C. The molecule has 0 aromatic heterocycles. The molecule has 0 saturated heterocycles. The zero-order valence-electron chi connectivity index (χ0n) is 9.39. The van der Waals surface area contributed by atoms with Crippen molar-refractivity contribution in [2.24, 2.45) is 0 Å². The first-order valence-corrected chi connectivity index (χ1v) is 4.60. The number of hydrogen-bond donors (Lipinski definition) is 1. The molecule has 0 aliphatic rings. The van der Waals surface area contributed by atoms with E-state index in [4.69, 9.17) is 4.74 Å². The van der Waals surface area contributed by atoms with Crippen LogP contribution in [0.3, 0.4) is 0 Å². The number of carbonyl (C=O) groups is 1. The van der Waals surface area contributed by atoms with Gasteiger partial charge in [-0.15, -0.1) is 0 Å². The van der Waals surface area contributed by atoms with Crippen LogP contribution in [-0.4, -0.2) is 18.2 Å². The van der Waals surface area contributed by atoms with Crippen molar-refractivity contribution in [1.82, 2.24) is 5.32 Å². The van der Waals surface area contributed by atoms with E-state index in [0.717, 1.165) is 5.57 Å². The standard InChI is InChI=1S/C11H19NO2/c1-6-7-9(2)8-12-10(13)14-11(3,4)5/h6-7H,1,8H2,2-5H3,(H,12,13)/b9-7+. The zero-order chi connectivity index (χ0) is 11.2. The topological polar surface area (TPSA) is 38.3 Å². The summed E-state index contributed by atoms with van der Waals surface area (Å²) in [7, 11) is 0. The fraction of sp³-hybridized carbons (Fsp3) is 0.545. The van der Waals surface area contributed by atoms with Crippen LogP contribution in [0, 0.1) is 0 Å². The Labute approximate surface area is 85.8 Å². The maximum absolute atomic E-state index is 11.2. The molecule has 0 aliphatic heterocycles. The van der Waals surface area contributed by atoms with Crippen LogP contribution in [0.5, 0.6) is 0 Å². The Morgan fingerprint density at radius 1 is 1.50 bits per heavy atom. The molecule has 0 spiro atoms. The molecule has 0 heterocycles. The van der Waals surface area contributed by atoms with E-state index < -0.39 is 11.7 Å². The van der Waals surface area contributed by atoms with Gasteiger partial charge in [0.1, 0.15) is 5.60 Å². The highest BCUT2D eigenvalue weighted by molar-refractivity contribution is 5.68. The first kappa shape index (κ1) is 12.8. The third-order valence-corrected chi connectivity index (χ3v) is 1.31. The molecule has 0 aromatic rings. The van der Waals surface area contributed by atoms with Crippen LogP contribution in [-0.2, 0) is 4.74 Å². The number of carbonyl (C=O) groups excluding carboxylic acids is 1. The van der Waals surface area contributed by atoms with Gasteiger partial charge in [-0.05, 0) is 27.7 Å². The molecule has 0 rings (SSSR count). The van der Waals surface area contributed by atoms with E-state index >= 15 is 0 Å². The number of hydrogen-bond acceptors (Lipinski definition) is 2. The lowest BCUT2D eigenvalue weighted by atomic mass is 10.2. The number of alkyl carbamates (subject to hydrolysis) is 1. The molecule has 0 fully saturated rings. The van der Waals surface area contributed by atoms with E-state index in [1.165, 1.54) is 0 Å². The van der Waals surface area contributed by atoms with Crippen LogP contribution >= 0.6 is 0 Å². The fourth-order valence-corrected chi connectivity index (χ4v) is 0.786. The average molecular weight is 197 g/mol. The van der Waals surface area contributed by atoms with E-state index in [1.807, 2.05) is 33.8 Å². The van der Waals surface area contributed by atoms with Gasteiger partial charge >= 0.3 is 6.09 Å². The Hall–Kier alpha value is -1.25. The summed E-state index contributed by atoms with van der Waals surface area (Å²) in [6.45, 7) is 11.5. The number of rotatable bonds is 3. The lowest BCUT2D eigenvalue weighted by molar-refractivity contribution is 0.0532. The van der Waals surface area contributed by atoms with Crippen molar-refractivity contribution in [3.8, 4) is 0 Å². The van der Waals surface area contributed by atoms with Gasteiger partial charge in [-0.3, -0.25) is 0 Å². The van der Waals surface area contributed by atoms with Crippen LogP contribution in [0.4, 0.5) is 4.79 Å².